The fourth-order valence-corrected chi connectivity index (χ4v) is 9.50. The number of hydrogen-bond donors (Lipinski definition) is 0. The van der Waals surface area contributed by atoms with Gasteiger partial charge in [-0.3, -0.25) is 0 Å². The number of hydrogen-bond acceptors (Lipinski definition) is 2. The molecule has 0 aromatic heterocycles. The maximum Gasteiger partial charge on any atom is 0.0503 e. The smallest absolute Gasteiger partial charge is 0.0503 e. The molecule has 50 heavy (non-hydrogen) atoms. The molecule has 0 unspecified atom stereocenters. The van der Waals surface area contributed by atoms with Crippen LogP contribution in [0.2, 0.25) is 0 Å². The normalized spacial score (nSPS) is 15.0. The standard InChI is InChI=1S/C48H39NS/c1-47(2)39-19-11-13-21-43(39)49(38-28-36(32-15-7-5-8-16-32)27-37(29-38)33-17-9-6-10-18-33)44-25-23-34(30-41(44)47)35-24-26-46-42(31-35)48(3,4)40-20-12-14-22-45(40)50-46/h5-31H,1-4H3. The summed E-state index contributed by atoms with van der Waals surface area (Å²) in [6.07, 6.45) is 0. The Labute approximate surface area is 300 Å². The highest BCUT2D eigenvalue weighted by molar-refractivity contribution is 7.99. The van der Waals surface area contributed by atoms with Gasteiger partial charge < -0.3 is 4.90 Å². The van der Waals surface area contributed by atoms with Crippen LogP contribution in [-0.4, -0.2) is 0 Å². The average Bonchev–Trinajstić information content (AvgIpc) is 3.15. The van der Waals surface area contributed by atoms with Gasteiger partial charge in [-0.2, -0.15) is 0 Å². The minimum absolute atomic E-state index is 0.0728. The van der Waals surface area contributed by atoms with Crippen LogP contribution in [0.15, 0.2) is 174 Å². The van der Waals surface area contributed by atoms with Crippen molar-refractivity contribution >= 4 is 28.8 Å². The summed E-state index contributed by atoms with van der Waals surface area (Å²) in [5.74, 6) is 0. The molecule has 0 bridgehead atoms. The van der Waals surface area contributed by atoms with Gasteiger partial charge in [0.2, 0.25) is 0 Å². The molecular weight excluding hydrogens is 623 g/mol. The highest BCUT2D eigenvalue weighted by Crippen LogP contribution is 2.54. The van der Waals surface area contributed by atoms with Crippen molar-refractivity contribution in [2.24, 2.45) is 0 Å². The quantitative estimate of drug-likeness (QED) is 0.185. The summed E-state index contributed by atoms with van der Waals surface area (Å²) in [6, 6.07) is 60.6. The fourth-order valence-electron chi connectivity index (χ4n) is 8.12. The van der Waals surface area contributed by atoms with Crippen LogP contribution in [0.5, 0.6) is 0 Å². The maximum atomic E-state index is 2.49. The molecule has 0 N–H and O–H groups in total. The number of para-hydroxylation sites is 1. The number of fused-ring (bicyclic) bond motifs is 4. The average molecular weight is 662 g/mol. The van der Waals surface area contributed by atoms with Gasteiger partial charge in [-0.15, -0.1) is 0 Å². The zero-order valence-corrected chi connectivity index (χ0v) is 29.8. The molecule has 0 amide bonds. The third kappa shape index (κ3) is 4.93. The van der Waals surface area contributed by atoms with Gasteiger partial charge in [0, 0.05) is 26.3 Å². The van der Waals surface area contributed by atoms with E-state index in [1.54, 1.807) is 0 Å². The first-order valence-electron chi connectivity index (χ1n) is 17.5. The monoisotopic (exact) mass is 661 g/mol. The number of anilines is 3. The van der Waals surface area contributed by atoms with Gasteiger partial charge in [-0.1, -0.05) is 149 Å². The first-order valence-corrected chi connectivity index (χ1v) is 18.3. The highest BCUT2D eigenvalue weighted by Gasteiger charge is 2.38. The summed E-state index contributed by atoms with van der Waals surface area (Å²) in [5, 5.41) is 0. The molecule has 2 aliphatic heterocycles. The SMILES string of the molecule is CC1(C)c2ccccc2Sc2ccc(-c3ccc4c(c3)C(C)(C)c3ccccc3N4c3cc(-c4ccccc4)cc(-c4ccccc4)c3)cc21. The maximum absolute atomic E-state index is 2.49. The molecule has 2 heteroatoms. The lowest BCUT2D eigenvalue weighted by Gasteiger charge is -2.42. The van der Waals surface area contributed by atoms with Crippen molar-refractivity contribution in [3.63, 3.8) is 0 Å². The zero-order chi connectivity index (χ0) is 34.0. The number of nitrogens with zero attached hydrogens (tertiary/aromatic N) is 1. The van der Waals surface area contributed by atoms with Gasteiger partial charge in [0.05, 0.1) is 11.4 Å². The molecule has 7 aromatic rings. The second-order valence-electron chi connectivity index (χ2n) is 14.6. The predicted octanol–water partition coefficient (Wildman–Crippen LogP) is 13.6. The van der Waals surface area contributed by atoms with E-state index < -0.39 is 0 Å². The zero-order valence-electron chi connectivity index (χ0n) is 28.9. The van der Waals surface area contributed by atoms with Crippen LogP contribution in [0.25, 0.3) is 33.4 Å². The molecule has 0 saturated carbocycles. The number of rotatable bonds is 4. The van der Waals surface area contributed by atoms with E-state index in [4.69, 9.17) is 0 Å². The highest BCUT2D eigenvalue weighted by atomic mass is 32.2. The fraction of sp³-hybridized carbons (Fsp3) is 0.125. The van der Waals surface area contributed by atoms with Crippen molar-refractivity contribution in [1.29, 1.82) is 0 Å². The minimum Gasteiger partial charge on any atom is -0.310 e. The van der Waals surface area contributed by atoms with E-state index in [0.717, 1.165) is 5.69 Å². The topological polar surface area (TPSA) is 3.24 Å². The Morgan fingerprint density at radius 1 is 0.360 bits per heavy atom. The molecule has 0 spiro atoms. The Kier molecular flexibility index (Phi) is 7.16. The van der Waals surface area contributed by atoms with Crippen LogP contribution in [-0.2, 0) is 10.8 Å². The Morgan fingerprint density at radius 2 is 0.860 bits per heavy atom. The lowest BCUT2D eigenvalue weighted by Crippen LogP contribution is -2.30. The predicted molar refractivity (Wildman–Crippen MR) is 212 cm³/mol. The van der Waals surface area contributed by atoms with Crippen molar-refractivity contribution in [2.45, 2.75) is 48.3 Å². The molecule has 0 fully saturated rings. The molecule has 0 aliphatic carbocycles. The summed E-state index contributed by atoms with van der Waals surface area (Å²) in [6.45, 7) is 9.49. The second-order valence-corrected chi connectivity index (χ2v) is 15.7. The first-order chi connectivity index (χ1) is 24.3. The van der Waals surface area contributed by atoms with Gasteiger partial charge in [0.1, 0.15) is 0 Å². The molecule has 242 valence electrons. The van der Waals surface area contributed by atoms with Crippen LogP contribution < -0.4 is 4.90 Å². The summed E-state index contributed by atoms with van der Waals surface area (Å²) in [7, 11) is 0. The van der Waals surface area contributed by atoms with Gasteiger partial charge in [-0.25, -0.2) is 0 Å². The van der Waals surface area contributed by atoms with Gasteiger partial charge in [0.25, 0.3) is 0 Å². The first kappa shape index (κ1) is 30.7. The lowest BCUT2D eigenvalue weighted by atomic mass is 9.72. The van der Waals surface area contributed by atoms with E-state index in [2.05, 4.69) is 196 Å². The van der Waals surface area contributed by atoms with Crippen molar-refractivity contribution in [2.75, 3.05) is 4.90 Å². The van der Waals surface area contributed by atoms with Crippen LogP contribution in [0.3, 0.4) is 0 Å². The third-order valence-corrected chi connectivity index (χ3v) is 12.0. The van der Waals surface area contributed by atoms with Crippen LogP contribution in [0.1, 0.15) is 49.9 Å². The van der Waals surface area contributed by atoms with Gasteiger partial charge in [-0.05, 0) is 110 Å². The summed E-state index contributed by atoms with van der Waals surface area (Å²) < 4.78 is 0. The summed E-state index contributed by atoms with van der Waals surface area (Å²) in [4.78, 5) is 5.20. The van der Waals surface area contributed by atoms with E-state index in [0.29, 0.717) is 0 Å². The summed E-state index contributed by atoms with van der Waals surface area (Å²) in [5.41, 5.74) is 16.2. The van der Waals surface area contributed by atoms with Gasteiger partial charge >= 0.3 is 0 Å². The largest absolute Gasteiger partial charge is 0.310 e. The Morgan fingerprint density at radius 3 is 1.54 bits per heavy atom. The van der Waals surface area contributed by atoms with Crippen molar-refractivity contribution in [3.05, 3.63) is 186 Å². The number of benzene rings is 7. The van der Waals surface area contributed by atoms with E-state index in [-0.39, 0.29) is 10.8 Å². The minimum atomic E-state index is -0.194. The molecule has 0 radical (unpaired) electrons. The molecule has 2 aliphatic rings. The Balaban J connectivity index is 1.22. The Bertz CT molecular complexity index is 2350. The second kappa shape index (κ2) is 11.6. The van der Waals surface area contributed by atoms with Crippen LogP contribution >= 0.6 is 11.8 Å². The van der Waals surface area contributed by atoms with E-state index in [1.807, 2.05) is 11.8 Å². The van der Waals surface area contributed by atoms with E-state index in [9.17, 15) is 0 Å². The molecule has 0 saturated heterocycles. The van der Waals surface area contributed by atoms with Crippen molar-refractivity contribution in [3.8, 4) is 33.4 Å². The van der Waals surface area contributed by atoms with Crippen molar-refractivity contribution < 1.29 is 0 Å². The molecule has 2 heterocycles. The Hall–Kier alpha value is -5.31. The molecule has 0 atom stereocenters. The van der Waals surface area contributed by atoms with Crippen molar-refractivity contribution in [1.82, 2.24) is 0 Å². The molecule has 7 aromatic carbocycles. The molecule has 1 nitrogen and oxygen atoms in total. The molecule has 9 rings (SSSR count). The van der Waals surface area contributed by atoms with E-state index in [1.165, 1.54) is 76.8 Å². The third-order valence-electron chi connectivity index (χ3n) is 10.9. The molecular formula is C48H39NS. The lowest BCUT2D eigenvalue weighted by molar-refractivity contribution is 0.607. The van der Waals surface area contributed by atoms with E-state index >= 15 is 0 Å². The summed E-state index contributed by atoms with van der Waals surface area (Å²) >= 11 is 1.89. The van der Waals surface area contributed by atoms with Crippen LogP contribution in [0, 0.1) is 0 Å². The van der Waals surface area contributed by atoms with Gasteiger partial charge in [0.15, 0.2) is 0 Å². The van der Waals surface area contributed by atoms with Crippen LogP contribution in [0.4, 0.5) is 17.1 Å².